The number of hydrogen-bond donors (Lipinski definition) is 1. The number of rotatable bonds is 9. The second-order valence-electron chi connectivity index (χ2n) is 14.6. The van der Waals surface area contributed by atoms with Crippen LogP contribution in [-0.2, 0) is 9.59 Å². The van der Waals surface area contributed by atoms with Crippen LogP contribution in [0.4, 0.5) is 13.6 Å². The molecule has 3 saturated heterocycles. The van der Waals surface area contributed by atoms with Crippen LogP contribution in [0, 0.1) is 11.8 Å². The molecule has 2 saturated carbocycles. The van der Waals surface area contributed by atoms with Gasteiger partial charge in [0, 0.05) is 50.0 Å². The molecule has 10 heteroatoms. The summed E-state index contributed by atoms with van der Waals surface area (Å²) in [6, 6.07) is 9.87. The number of benzene rings is 1. The van der Waals surface area contributed by atoms with Gasteiger partial charge in [0.05, 0.1) is 6.04 Å². The predicted molar refractivity (Wildman–Crippen MR) is 172 cm³/mol. The number of alkyl halides is 2. The highest BCUT2D eigenvalue weighted by molar-refractivity contribution is 6.07. The smallest absolute Gasteiger partial charge is 0.327 e. The van der Waals surface area contributed by atoms with E-state index in [1.54, 1.807) is 0 Å². The van der Waals surface area contributed by atoms with Gasteiger partial charge in [0.1, 0.15) is 5.54 Å². The Bertz CT molecular complexity index is 1190. The number of hydrogen-bond acceptors (Lipinski definition) is 4. The lowest BCUT2D eigenvalue weighted by atomic mass is 9.79. The molecule has 1 spiro atoms. The number of carbonyl (C=O) groups is 3. The summed E-state index contributed by atoms with van der Waals surface area (Å²) in [6.45, 7) is 5.33. The van der Waals surface area contributed by atoms with Gasteiger partial charge in [-0.2, -0.15) is 0 Å². The molecule has 3 heterocycles. The van der Waals surface area contributed by atoms with Crippen LogP contribution in [0.3, 0.4) is 0 Å². The summed E-state index contributed by atoms with van der Waals surface area (Å²) in [5.41, 5.74) is 0.266. The first-order valence-electron chi connectivity index (χ1n) is 17.2. The third kappa shape index (κ3) is 6.90. The number of nitrogens with zero attached hydrogens (tertiary/aromatic N) is 3. The Balaban J connectivity index is 0.00000400. The Morgan fingerprint density at radius 2 is 1.56 bits per heavy atom. The second kappa shape index (κ2) is 13.8. The van der Waals surface area contributed by atoms with Gasteiger partial charge < -0.3 is 10.2 Å². The van der Waals surface area contributed by atoms with E-state index in [2.05, 4.69) is 10.2 Å². The molecule has 1 aromatic carbocycles. The van der Waals surface area contributed by atoms with Crippen LogP contribution in [0.25, 0.3) is 0 Å². The molecule has 2 aliphatic carbocycles. The van der Waals surface area contributed by atoms with Crippen LogP contribution >= 0.6 is 12.4 Å². The van der Waals surface area contributed by atoms with Crippen molar-refractivity contribution in [3.8, 4) is 0 Å². The minimum absolute atomic E-state index is 0. The van der Waals surface area contributed by atoms with E-state index in [9.17, 15) is 23.2 Å². The second-order valence-corrected chi connectivity index (χ2v) is 14.6. The van der Waals surface area contributed by atoms with Gasteiger partial charge in [-0.3, -0.25) is 19.4 Å². The maximum absolute atomic E-state index is 14.1. The van der Waals surface area contributed by atoms with Crippen LogP contribution in [0.15, 0.2) is 30.3 Å². The minimum atomic E-state index is -2.66. The lowest BCUT2D eigenvalue weighted by Crippen LogP contribution is -2.61. The molecule has 4 amide bonds. The monoisotopic (exact) mass is 648 g/mol. The van der Waals surface area contributed by atoms with Crippen molar-refractivity contribution in [2.75, 3.05) is 13.1 Å². The third-order valence-corrected chi connectivity index (χ3v) is 11.5. The van der Waals surface area contributed by atoms with Crippen molar-refractivity contribution >= 4 is 30.3 Å². The fourth-order valence-electron chi connectivity index (χ4n) is 9.03. The quantitative estimate of drug-likeness (QED) is 0.290. The van der Waals surface area contributed by atoms with Crippen LogP contribution in [0.2, 0.25) is 0 Å². The molecule has 250 valence electrons. The maximum Gasteiger partial charge on any atom is 0.327 e. The van der Waals surface area contributed by atoms with E-state index >= 15 is 0 Å². The molecule has 6 rings (SSSR count). The van der Waals surface area contributed by atoms with Crippen molar-refractivity contribution in [1.82, 2.24) is 20.0 Å². The van der Waals surface area contributed by atoms with Gasteiger partial charge in [-0.15, -0.1) is 12.4 Å². The summed E-state index contributed by atoms with van der Waals surface area (Å²) < 4.78 is 27.5. The number of imide groups is 1. The average Bonchev–Trinajstić information content (AvgIpc) is 3.36. The van der Waals surface area contributed by atoms with E-state index in [4.69, 9.17) is 0 Å². The molecule has 2 unspecified atom stereocenters. The molecule has 5 fully saturated rings. The van der Waals surface area contributed by atoms with Crippen molar-refractivity contribution < 1.29 is 23.2 Å². The Hall–Kier alpha value is -2.26. The fraction of sp³-hybridized carbons (Fsp3) is 0.743. The highest BCUT2D eigenvalue weighted by Gasteiger charge is 2.63. The van der Waals surface area contributed by atoms with E-state index in [0.29, 0.717) is 31.7 Å². The Labute approximate surface area is 273 Å². The number of piperidine rings is 1. The van der Waals surface area contributed by atoms with Crippen LogP contribution in [0.5, 0.6) is 0 Å². The molecule has 1 aromatic rings. The first kappa shape index (κ1) is 34.1. The maximum atomic E-state index is 14.1. The van der Waals surface area contributed by atoms with Crippen LogP contribution in [-0.4, -0.2) is 75.2 Å². The number of nitrogens with one attached hydrogen (secondary N) is 1. The largest absolute Gasteiger partial charge is 0.349 e. The van der Waals surface area contributed by atoms with Crippen molar-refractivity contribution in [1.29, 1.82) is 0 Å². The zero-order valence-corrected chi connectivity index (χ0v) is 27.7. The van der Waals surface area contributed by atoms with Gasteiger partial charge in [-0.25, -0.2) is 13.6 Å². The number of amides is 4. The Morgan fingerprint density at radius 1 is 0.933 bits per heavy atom. The van der Waals surface area contributed by atoms with E-state index in [1.165, 1.54) is 24.2 Å². The molecular weight excluding hydrogens is 598 g/mol. The van der Waals surface area contributed by atoms with Crippen molar-refractivity contribution in [2.45, 2.75) is 139 Å². The van der Waals surface area contributed by atoms with Crippen molar-refractivity contribution in [3.63, 3.8) is 0 Å². The number of urea groups is 1. The lowest BCUT2D eigenvalue weighted by Gasteiger charge is -2.48. The molecule has 3 aliphatic heterocycles. The molecule has 3 atom stereocenters. The van der Waals surface area contributed by atoms with Gasteiger partial charge in [0.25, 0.3) is 5.91 Å². The highest BCUT2D eigenvalue weighted by Crippen LogP contribution is 2.49. The summed E-state index contributed by atoms with van der Waals surface area (Å²) in [5.74, 6) is -2.71. The lowest BCUT2D eigenvalue weighted by molar-refractivity contribution is -0.138. The van der Waals surface area contributed by atoms with Gasteiger partial charge in [-0.1, -0.05) is 49.6 Å². The molecular formula is C35H51ClF2N4O3. The van der Waals surface area contributed by atoms with Crippen LogP contribution < -0.4 is 5.32 Å². The van der Waals surface area contributed by atoms with E-state index in [-0.39, 0.29) is 86.0 Å². The van der Waals surface area contributed by atoms with Gasteiger partial charge in [0.15, 0.2) is 0 Å². The van der Waals surface area contributed by atoms with Gasteiger partial charge >= 0.3 is 6.03 Å². The number of halogens is 3. The molecule has 1 N–H and O–H groups in total. The zero-order chi connectivity index (χ0) is 31.1. The van der Waals surface area contributed by atoms with Crippen LogP contribution in [0.1, 0.15) is 115 Å². The third-order valence-electron chi connectivity index (χ3n) is 11.5. The average molecular weight is 649 g/mol. The Kier molecular flexibility index (Phi) is 10.5. The zero-order valence-electron chi connectivity index (χ0n) is 26.9. The normalized spacial score (nSPS) is 29.8. The molecule has 2 bridgehead atoms. The summed E-state index contributed by atoms with van der Waals surface area (Å²) in [7, 11) is 0. The molecule has 0 radical (unpaired) electrons. The number of carbonyl (C=O) groups excluding carboxylic acids is 3. The fourth-order valence-corrected chi connectivity index (χ4v) is 9.03. The summed E-state index contributed by atoms with van der Waals surface area (Å²) >= 11 is 0. The number of fused-ring (bicyclic) bond motifs is 2. The van der Waals surface area contributed by atoms with E-state index in [0.717, 1.165) is 37.8 Å². The minimum Gasteiger partial charge on any atom is -0.349 e. The topological polar surface area (TPSA) is 73.0 Å². The molecule has 5 aliphatic rings. The summed E-state index contributed by atoms with van der Waals surface area (Å²) in [5, 5.41) is 3.23. The Morgan fingerprint density at radius 3 is 2.16 bits per heavy atom. The summed E-state index contributed by atoms with van der Waals surface area (Å²) in [6.07, 6.45) is 9.95. The van der Waals surface area contributed by atoms with Gasteiger partial charge in [0.2, 0.25) is 11.8 Å². The van der Waals surface area contributed by atoms with Crippen molar-refractivity contribution in [3.05, 3.63) is 35.9 Å². The highest BCUT2D eigenvalue weighted by atomic mass is 35.5. The first-order chi connectivity index (χ1) is 21.1. The summed E-state index contributed by atoms with van der Waals surface area (Å²) in [4.78, 5) is 47.2. The van der Waals surface area contributed by atoms with Gasteiger partial charge in [-0.05, 0) is 83.1 Å². The SMILES string of the molecule is CC(C)N1C(=O)N(CC2CCCCC2)C2(CC3CCC(C2)N3CC[C@H](NC(=O)C2CCC(F)(F)CC2)c2ccccc2)C1=O.Cl. The molecule has 7 nitrogen and oxygen atoms in total. The predicted octanol–water partition coefficient (Wildman–Crippen LogP) is 7.10. The van der Waals surface area contributed by atoms with E-state index in [1.807, 2.05) is 49.1 Å². The van der Waals surface area contributed by atoms with E-state index < -0.39 is 11.5 Å². The first-order valence-corrected chi connectivity index (χ1v) is 17.2. The molecule has 45 heavy (non-hydrogen) atoms. The molecule has 0 aromatic heterocycles. The van der Waals surface area contributed by atoms with Crippen molar-refractivity contribution in [2.24, 2.45) is 11.8 Å². The standard InChI is InChI=1S/C35H50F2N4O3.ClH/c1-24(2)41-32(43)34(40(33(41)44)23-25-9-5-3-6-10-25)21-28-13-14-29(22-34)39(28)20-17-30(26-11-7-4-8-12-26)38-31(42)27-15-18-35(36,37)19-16-27;/h4,7-8,11-12,24-25,27-30H,3,5-6,9-10,13-23H2,1-2H3,(H,38,42);1H/t28?,29?,30-,34?;/m0./s1.